The van der Waals surface area contributed by atoms with E-state index in [1.165, 1.54) is 32.1 Å². The lowest BCUT2D eigenvalue weighted by molar-refractivity contribution is -0.164. The maximum atomic E-state index is 6.42. The molecule has 1 unspecified atom stereocenters. The van der Waals surface area contributed by atoms with Gasteiger partial charge in [-0.15, -0.1) is 0 Å². The zero-order chi connectivity index (χ0) is 13.7. The average Bonchev–Trinajstić information content (AvgIpc) is 2.47. The molecule has 1 saturated heterocycles. The number of hydrogen-bond donors (Lipinski definition) is 1. The number of rotatable bonds is 3. The summed E-state index contributed by atoms with van der Waals surface area (Å²) in [5.41, 5.74) is 6.75. The lowest BCUT2D eigenvalue weighted by atomic mass is 9.48. The third kappa shape index (κ3) is 1.82. The van der Waals surface area contributed by atoms with E-state index in [0.29, 0.717) is 11.6 Å². The molecule has 0 aromatic rings. The van der Waals surface area contributed by atoms with E-state index in [1.54, 1.807) is 0 Å². The first kappa shape index (κ1) is 13.5. The molecule has 1 atom stereocenters. The van der Waals surface area contributed by atoms with Crippen molar-refractivity contribution in [1.82, 2.24) is 4.90 Å². The Morgan fingerprint density at radius 3 is 2.30 bits per heavy atom. The molecule has 4 saturated carbocycles. The molecule has 4 bridgehead atoms. The largest absolute Gasteiger partial charge is 0.376 e. The first-order chi connectivity index (χ1) is 9.76. The van der Waals surface area contributed by atoms with Crippen LogP contribution in [0.25, 0.3) is 0 Å². The summed E-state index contributed by atoms with van der Waals surface area (Å²) in [6.07, 6.45) is 8.92. The van der Waals surface area contributed by atoms with Crippen molar-refractivity contribution in [3.8, 4) is 0 Å². The van der Waals surface area contributed by atoms with Crippen LogP contribution in [0, 0.1) is 23.7 Å². The second-order valence-electron chi connectivity index (χ2n) is 7.85. The van der Waals surface area contributed by atoms with Gasteiger partial charge in [0.1, 0.15) is 0 Å². The van der Waals surface area contributed by atoms with Crippen LogP contribution < -0.4 is 5.73 Å². The first-order valence-corrected chi connectivity index (χ1v) is 8.83. The molecule has 0 amide bonds. The number of nitrogens with zero attached hydrogens (tertiary/aromatic N) is 1. The van der Waals surface area contributed by atoms with E-state index in [1.807, 2.05) is 0 Å². The Balaban J connectivity index is 1.62. The SMILES string of the molecule is CCC1CN(C2(CN)C3CC4CC(C3)CC2C4)CCO1. The molecule has 20 heavy (non-hydrogen) atoms. The molecule has 4 aliphatic carbocycles. The van der Waals surface area contributed by atoms with Crippen LogP contribution in [0.3, 0.4) is 0 Å². The lowest BCUT2D eigenvalue weighted by Crippen LogP contribution is -2.71. The minimum atomic E-state index is 0.324. The quantitative estimate of drug-likeness (QED) is 0.860. The topological polar surface area (TPSA) is 38.5 Å². The van der Waals surface area contributed by atoms with Crippen molar-refractivity contribution >= 4 is 0 Å². The van der Waals surface area contributed by atoms with Gasteiger partial charge in [-0.2, -0.15) is 0 Å². The number of morpholine rings is 1. The van der Waals surface area contributed by atoms with E-state index in [4.69, 9.17) is 10.5 Å². The fourth-order valence-electron chi connectivity index (χ4n) is 6.32. The molecule has 1 heterocycles. The number of ether oxygens (including phenoxy) is 1. The molecular formula is C17H30N2O. The molecule has 0 radical (unpaired) electrons. The van der Waals surface area contributed by atoms with Gasteiger partial charge in [-0.1, -0.05) is 6.92 Å². The highest BCUT2D eigenvalue weighted by molar-refractivity contribution is 5.13. The molecule has 0 spiro atoms. The minimum absolute atomic E-state index is 0.324. The standard InChI is InChI=1S/C17H30N2O/c1-2-16-10-19(3-4-20-16)17(11-18)14-6-12-5-13(8-14)9-15(17)7-12/h12-16H,2-11,18H2,1H3. The van der Waals surface area contributed by atoms with Crippen molar-refractivity contribution in [1.29, 1.82) is 0 Å². The van der Waals surface area contributed by atoms with Gasteiger partial charge in [0.25, 0.3) is 0 Å². The molecule has 114 valence electrons. The normalized spacial score (nSPS) is 51.6. The van der Waals surface area contributed by atoms with Gasteiger partial charge >= 0.3 is 0 Å². The summed E-state index contributed by atoms with van der Waals surface area (Å²) >= 11 is 0. The number of hydrogen-bond acceptors (Lipinski definition) is 3. The summed E-state index contributed by atoms with van der Waals surface area (Å²) in [7, 11) is 0. The van der Waals surface area contributed by atoms with Gasteiger partial charge in [0.05, 0.1) is 12.7 Å². The highest BCUT2D eigenvalue weighted by Gasteiger charge is 2.59. The van der Waals surface area contributed by atoms with Gasteiger partial charge in [0, 0.05) is 25.2 Å². The molecular weight excluding hydrogens is 248 g/mol. The van der Waals surface area contributed by atoms with E-state index in [-0.39, 0.29) is 0 Å². The second-order valence-corrected chi connectivity index (χ2v) is 7.85. The van der Waals surface area contributed by atoms with Crippen molar-refractivity contribution < 1.29 is 4.74 Å². The fourth-order valence-corrected chi connectivity index (χ4v) is 6.32. The van der Waals surface area contributed by atoms with Crippen molar-refractivity contribution in [2.75, 3.05) is 26.2 Å². The van der Waals surface area contributed by atoms with Crippen molar-refractivity contribution in [2.45, 2.75) is 57.1 Å². The van der Waals surface area contributed by atoms with Crippen LogP contribution in [0.4, 0.5) is 0 Å². The smallest absolute Gasteiger partial charge is 0.0700 e. The Bertz CT molecular complexity index is 342. The molecule has 2 N–H and O–H groups in total. The van der Waals surface area contributed by atoms with Crippen LogP contribution >= 0.6 is 0 Å². The molecule has 0 aromatic heterocycles. The molecule has 3 nitrogen and oxygen atoms in total. The minimum Gasteiger partial charge on any atom is -0.376 e. The molecule has 1 aliphatic heterocycles. The third-order valence-corrected chi connectivity index (χ3v) is 7.06. The summed E-state index contributed by atoms with van der Waals surface area (Å²) in [6.45, 7) is 6.26. The Hall–Kier alpha value is -0.120. The van der Waals surface area contributed by atoms with Crippen molar-refractivity contribution in [2.24, 2.45) is 29.4 Å². The summed E-state index contributed by atoms with van der Waals surface area (Å²) in [4.78, 5) is 2.78. The van der Waals surface area contributed by atoms with Gasteiger partial charge in [0.15, 0.2) is 0 Å². The van der Waals surface area contributed by atoms with E-state index in [2.05, 4.69) is 11.8 Å². The monoisotopic (exact) mass is 278 g/mol. The molecule has 5 aliphatic rings. The highest BCUT2D eigenvalue weighted by Crippen LogP contribution is 2.60. The van der Waals surface area contributed by atoms with E-state index in [0.717, 1.165) is 56.3 Å². The molecule has 5 rings (SSSR count). The average molecular weight is 278 g/mol. The van der Waals surface area contributed by atoms with Crippen molar-refractivity contribution in [3.05, 3.63) is 0 Å². The number of nitrogens with two attached hydrogens (primary N) is 1. The molecule has 5 fully saturated rings. The maximum absolute atomic E-state index is 6.42. The van der Waals surface area contributed by atoms with Crippen LogP contribution in [-0.4, -0.2) is 42.8 Å². The van der Waals surface area contributed by atoms with Crippen LogP contribution in [0.2, 0.25) is 0 Å². The van der Waals surface area contributed by atoms with Gasteiger partial charge in [-0.05, 0) is 62.2 Å². The van der Waals surface area contributed by atoms with Crippen LogP contribution in [0.15, 0.2) is 0 Å². The molecule has 3 heteroatoms. The Labute approximate surface area is 123 Å². The second kappa shape index (κ2) is 4.96. The summed E-state index contributed by atoms with van der Waals surface area (Å²) in [5.74, 6) is 3.80. The van der Waals surface area contributed by atoms with Gasteiger partial charge in [-0.3, -0.25) is 4.90 Å². The molecule has 0 aromatic carbocycles. The van der Waals surface area contributed by atoms with Gasteiger partial charge in [-0.25, -0.2) is 0 Å². The third-order valence-electron chi connectivity index (χ3n) is 7.06. The Morgan fingerprint density at radius 1 is 1.10 bits per heavy atom. The maximum Gasteiger partial charge on any atom is 0.0700 e. The Kier molecular flexibility index (Phi) is 3.36. The van der Waals surface area contributed by atoms with Gasteiger partial charge < -0.3 is 10.5 Å². The summed E-state index contributed by atoms with van der Waals surface area (Å²) in [5, 5.41) is 0. The van der Waals surface area contributed by atoms with E-state index in [9.17, 15) is 0 Å². The first-order valence-electron chi connectivity index (χ1n) is 8.83. The zero-order valence-corrected chi connectivity index (χ0v) is 12.9. The Morgan fingerprint density at radius 2 is 1.75 bits per heavy atom. The van der Waals surface area contributed by atoms with Crippen LogP contribution in [0.1, 0.15) is 45.4 Å². The highest BCUT2D eigenvalue weighted by atomic mass is 16.5. The van der Waals surface area contributed by atoms with Gasteiger partial charge in [0.2, 0.25) is 0 Å². The summed E-state index contributed by atoms with van der Waals surface area (Å²) < 4.78 is 5.91. The van der Waals surface area contributed by atoms with Crippen LogP contribution in [-0.2, 0) is 4.74 Å². The zero-order valence-electron chi connectivity index (χ0n) is 12.9. The lowest BCUT2D eigenvalue weighted by Gasteiger charge is -2.65. The van der Waals surface area contributed by atoms with E-state index >= 15 is 0 Å². The predicted octanol–water partition coefficient (Wildman–Crippen LogP) is 2.25. The summed E-state index contributed by atoms with van der Waals surface area (Å²) in [6, 6.07) is 0. The predicted molar refractivity (Wildman–Crippen MR) is 80.4 cm³/mol. The van der Waals surface area contributed by atoms with E-state index < -0.39 is 0 Å². The van der Waals surface area contributed by atoms with Crippen LogP contribution in [0.5, 0.6) is 0 Å². The van der Waals surface area contributed by atoms with Crippen molar-refractivity contribution in [3.63, 3.8) is 0 Å². The fraction of sp³-hybridized carbons (Fsp3) is 1.00.